The SMILES string of the molecule is CC[N+](CC)(CC)C1CC(=O)N1C(C(=O)OCc1ccc([N+](=O)[O-])cc1)=C(S)CCOC. The number of rotatable bonds is 12. The molecule has 1 aromatic rings. The first-order valence-corrected chi connectivity index (χ1v) is 11.2. The highest BCUT2D eigenvalue weighted by Crippen LogP contribution is 2.35. The number of esters is 1. The fourth-order valence-electron chi connectivity index (χ4n) is 4.02. The van der Waals surface area contributed by atoms with Gasteiger partial charge < -0.3 is 14.0 Å². The molecule has 0 bridgehead atoms. The zero-order valence-electron chi connectivity index (χ0n) is 19.1. The number of methoxy groups -OCH3 is 1. The quantitative estimate of drug-likeness (QED) is 0.0966. The first-order valence-electron chi connectivity index (χ1n) is 10.7. The normalized spacial score (nSPS) is 17.0. The van der Waals surface area contributed by atoms with Crippen LogP contribution in [0.5, 0.6) is 0 Å². The predicted molar refractivity (Wildman–Crippen MR) is 123 cm³/mol. The minimum absolute atomic E-state index is 0.0419. The Morgan fingerprint density at radius 1 is 1.22 bits per heavy atom. The lowest BCUT2D eigenvalue weighted by molar-refractivity contribution is -0.958. The van der Waals surface area contributed by atoms with Gasteiger partial charge >= 0.3 is 5.97 Å². The molecule has 32 heavy (non-hydrogen) atoms. The van der Waals surface area contributed by atoms with Crippen molar-refractivity contribution >= 4 is 30.2 Å². The summed E-state index contributed by atoms with van der Waals surface area (Å²) in [7, 11) is 1.55. The van der Waals surface area contributed by atoms with Crippen LogP contribution in [0.25, 0.3) is 0 Å². The lowest BCUT2D eigenvalue weighted by Crippen LogP contribution is -2.70. The number of hydrogen-bond donors (Lipinski definition) is 1. The first kappa shape index (κ1) is 25.8. The van der Waals surface area contributed by atoms with E-state index in [1.165, 1.54) is 29.2 Å². The van der Waals surface area contributed by atoms with Gasteiger partial charge in [0.1, 0.15) is 18.7 Å². The van der Waals surface area contributed by atoms with Crippen molar-refractivity contribution in [1.82, 2.24) is 4.90 Å². The second-order valence-corrected chi connectivity index (χ2v) is 8.19. The van der Waals surface area contributed by atoms with E-state index in [4.69, 9.17) is 9.47 Å². The summed E-state index contributed by atoms with van der Waals surface area (Å²) in [4.78, 5) is 38.1. The Morgan fingerprint density at radius 2 is 1.81 bits per heavy atom. The van der Waals surface area contributed by atoms with Gasteiger partial charge in [0, 0.05) is 30.6 Å². The highest BCUT2D eigenvalue weighted by atomic mass is 32.1. The van der Waals surface area contributed by atoms with E-state index >= 15 is 0 Å². The molecule has 0 spiro atoms. The zero-order chi connectivity index (χ0) is 23.9. The van der Waals surface area contributed by atoms with Crippen molar-refractivity contribution < 1.29 is 28.5 Å². The second kappa shape index (κ2) is 11.4. The number of carbonyl (C=O) groups is 2. The van der Waals surface area contributed by atoms with Gasteiger partial charge in [-0.15, -0.1) is 12.6 Å². The van der Waals surface area contributed by atoms with E-state index in [1.807, 2.05) is 0 Å². The first-order chi connectivity index (χ1) is 15.2. The summed E-state index contributed by atoms with van der Waals surface area (Å²) in [5, 5.41) is 10.8. The third-order valence-electron chi connectivity index (χ3n) is 6.21. The number of nitro benzene ring substituents is 1. The van der Waals surface area contributed by atoms with Gasteiger partial charge in [-0.2, -0.15) is 0 Å². The van der Waals surface area contributed by atoms with E-state index < -0.39 is 10.9 Å². The van der Waals surface area contributed by atoms with Crippen LogP contribution in [0.3, 0.4) is 0 Å². The Labute approximate surface area is 194 Å². The summed E-state index contributed by atoms with van der Waals surface area (Å²) in [6.45, 7) is 8.99. The van der Waals surface area contributed by atoms with Gasteiger partial charge in [0.2, 0.25) is 5.91 Å². The summed E-state index contributed by atoms with van der Waals surface area (Å²) in [5.41, 5.74) is 0.708. The summed E-state index contributed by atoms with van der Waals surface area (Å²) >= 11 is 4.53. The predicted octanol–water partition coefficient (Wildman–Crippen LogP) is 3.25. The lowest BCUT2D eigenvalue weighted by atomic mass is 10.0. The van der Waals surface area contributed by atoms with E-state index in [-0.39, 0.29) is 30.1 Å². The van der Waals surface area contributed by atoms with Crippen LogP contribution in [0.1, 0.15) is 39.2 Å². The Balaban J connectivity index is 2.29. The number of amides is 1. The van der Waals surface area contributed by atoms with Gasteiger partial charge in [0.25, 0.3) is 5.69 Å². The summed E-state index contributed by atoms with van der Waals surface area (Å²) in [6.07, 6.45) is 0.566. The Bertz CT molecular complexity index is 859. The molecular formula is C22H32N3O6S+. The van der Waals surface area contributed by atoms with Crippen molar-refractivity contribution in [2.45, 2.75) is 46.4 Å². The van der Waals surface area contributed by atoms with Gasteiger partial charge in [-0.3, -0.25) is 19.8 Å². The fourth-order valence-corrected chi connectivity index (χ4v) is 4.31. The molecule has 1 saturated heterocycles. The number of ether oxygens (including phenoxy) is 2. The molecular weight excluding hydrogens is 434 g/mol. The van der Waals surface area contributed by atoms with Crippen molar-refractivity contribution in [3.8, 4) is 0 Å². The van der Waals surface area contributed by atoms with Crippen molar-refractivity contribution in [3.05, 3.63) is 50.5 Å². The molecule has 0 saturated carbocycles. The topological polar surface area (TPSA) is 99.0 Å². The molecule has 1 aliphatic heterocycles. The molecule has 0 N–H and O–H groups in total. The molecule has 176 valence electrons. The lowest BCUT2D eigenvalue weighted by Gasteiger charge is -2.52. The molecule has 0 aromatic heterocycles. The van der Waals surface area contributed by atoms with Crippen LogP contribution < -0.4 is 0 Å². The van der Waals surface area contributed by atoms with Crippen LogP contribution in [-0.4, -0.2) is 65.7 Å². The standard InChI is InChI=1S/C22H31N3O6S/c1-5-25(6-2,7-3)19-14-20(26)23(19)21(18(32)12-13-30-4)22(27)31-15-16-8-10-17(11-9-16)24(28)29/h8-11,19H,5-7,12-15H2,1-4H3/p+1. The average molecular weight is 467 g/mol. The number of nitro groups is 1. The van der Waals surface area contributed by atoms with E-state index in [9.17, 15) is 19.7 Å². The van der Waals surface area contributed by atoms with Crippen molar-refractivity contribution in [3.63, 3.8) is 0 Å². The number of non-ortho nitro benzene ring substituents is 1. The van der Waals surface area contributed by atoms with E-state index in [0.717, 1.165) is 19.6 Å². The molecule has 0 aliphatic carbocycles. The Kier molecular flexibility index (Phi) is 9.23. The molecule has 1 fully saturated rings. The fraction of sp³-hybridized carbons (Fsp3) is 0.545. The number of thiol groups is 1. The van der Waals surface area contributed by atoms with Gasteiger partial charge in [-0.25, -0.2) is 4.79 Å². The van der Waals surface area contributed by atoms with Crippen LogP contribution >= 0.6 is 12.6 Å². The smallest absolute Gasteiger partial charge is 0.356 e. The molecule has 2 rings (SSSR count). The summed E-state index contributed by atoms with van der Waals surface area (Å²) < 4.78 is 11.3. The van der Waals surface area contributed by atoms with E-state index in [2.05, 4.69) is 33.4 Å². The number of β-lactam (4-membered cyclic amide) rings is 1. The Morgan fingerprint density at radius 3 is 2.28 bits per heavy atom. The van der Waals surface area contributed by atoms with Crippen LogP contribution in [-0.2, 0) is 25.7 Å². The summed E-state index contributed by atoms with van der Waals surface area (Å²) in [5.74, 6) is -0.789. The molecule has 1 heterocycles. The highest BCUT2D eigenvalue weighted by Gasteiger charge is 2.52. The average Bonchev–Trinajstić information content (AvgIpc) is 2.80. The van der Waals surface area contributed by atoms with Crippen LogP contribution in [0.4, 0.5) is 5.69 Å². The number of likely N-dealkylation sites (tertiary alicyclic amines) is 1. The van der Waals surface area contributed by atoms with Gasteiger partial charge in [-0.1, -0.05) is 0 Å². The van der Waals surface area contributed by atoms with Crippen molar-refractivity contribution in [2.75, 3.05) is 33.4 Å². The van der Waals surface area contributed by atoms with E-state index in [1.54, 1.807) is 7.11 Å². The largest absolute Gasteiger partial charge is 0.456 e. The van der Waals surface area contributed by atoms with Crippen molar-refractivity contribution in [1.29, 1.82) is 0 Å². The maximum atomic E-state index is 13.1. The van der Waals surface area contributed by atoms with Crippen molar-refractivity contribution in [2.24, 2.45) is 0 Å². The third-order valence-corrected chi connectivity index (χ3v) is 6.65. The summed E-state index contributed by atoms with van der Waals surface area (Å²) in [6, 6.07) is 5.78. The number of nitrogens with zero attached hydrogens (tertiary/aromatic N) is 3. The maximum Gasteiger partial charge on any atom is 0.356 e. The Hall–Kier alpha value is -2.43. The minimum atomic E-state index is -0.649. The molecule has 1 unspecified atom stereocenters. The third kappa shape index (κ3) is 5.48. The zero-order valence-corrected chi connectivity index (χ0v) is 20.0. The van der Waals surface area contributed by atoms with E-state index in [0.29, 0.717) is 34.4 Å². The highest BCUT2D eigenvalue weighted by molar-refractivity contribution is 7.84. The molecule has 1 amide bonds. The number of hydrogen-bond acceptors (Lipinski definition) is 7. The minimum Gasteiger partial charge on any atom is -0.456 e. The number of benzene rings is 1. The molecule has 10 heteroatoms. The number of carbonyl (C=O) groups excluding carboxylic acids is 2. The second-order valence-electron chi connectivity index (χ2n) is 7.65. The molecule has 0 radical (unpaired) electrons. The molecule has 9 nitrogen and oxygen atoms in total. The van der Waals surface area contributed by atoms with Crippen LogP contribution in [0.15, 0.2) is 34.9 Å². The maximum absolute atomic E-state index is 13.1. The monoisotopic (exact) mass is 466 g/mol. The molecule has 1 aliphatic rings. The van der Waals surface area contributed by atoms with Gasteiger partial charge in [-0.05, 0) is 38.5 Å². The van der Waals surface area contributed by atoms with Gasteiger partial charge in [0.05, 0.1) is 31.2 Å². The van der Waals surface area contributed by atoms with Gasteiger partial charge in [0.15, 0.2) is 6.17 Å². The molecule has 1 aromatic carbocycles. The molecule has 1 atom stereocenters. The van der Waals surface area contributed by atoms with Crippen LogP contribution in [0.2, 0.25) is 0 Å². The number of quaternary nitrogens is 1. The van der Waals surface area contributed by atoms with Crippen LogP contribution in [0, 0.1) is 10.1 Å².